The second-order valence-corrected chi connectivity index (χ2v) is 29.0. The summed E-state index contributed by atoms with van der Waals surface area (Å²) >= 11 is 0. The second-order valence-electron chi connectivity index (χ2n) is 29.0. The standard InChI is InChI=1S/2C16H17N.4C15H15N/c1-9-5-6-17-15-8-13-12(4)11(3)10(2)7-14(13)16(9)15;1-9-10(2)12(4)16-13-6-5-7-17-15(13)8-14(16)11(9)3;1-9-4-14-13-6-11(3)10(2)5-12(13)7-15(14)16-8-9;1-9-6-12-8-15-13(5-4-11(3)16-15)14(12)7-10(9)2;1-9-4-5-16-14-8-12-6-10(2)11(3)7-13(12)15(9)14;1-9-7-12-8-14-13(5-4-6-16-14)15(12)11(3)10(9)2/h2*5-7H,8H2,1-4H3;4-6,8H,7H2,1-3H3;3*4-7H,8H2,1-3H3. The van der Waals surface area contributed by atoms with Gasteiger partial charge in [-0.15, -0.1) is 0 Å². The Balaban J connectivity index is 0.000000106. The number of nitrogens with zero attached hydrogens (tertiary/aromatic N) is 6. The average Bonchev–Trinajstić information content (AvgIpc) is 1.60. The van der Waals surface area contributed by atoms with Gasteiger partial charge in [0, 0.05) is 109 Å². The molecule has 6 heteroatoms. The van der Waals surface area contributed by atoms with Crippen LogP contribution in [-0.2, 0) is 38.5 Å². The summed E-state index contributed by atoms with van der Waals surface area (Å²) in [5.41, 5.74) is 60.1. The van der Waals surface area contributed by atoms with Crippen molar-refractivity contribution in [3.63, 3.8) is 0 Å². The first-order chi connectivity index (χ1) is 46.8. The summed E-state index contributed by atoms with van der Waals surface area (Å²) in [5.74, 6) is 0. The van der Waals surface area contributed by atoms with Crippen LogP contribution in [0.25, 0.3) is 66.8 Å². The molecule has 0 spiro atoms. The summed E-state index contributed by atoms with van der Waals surface area (Å²) in [5, 5.41) is 0. The van der Waals surface area contributed by atoms with Gasteiger partial charge in [-0.25, -0.2) is 0 Å². The third-order valence-electron chi connectivity index (χ3n) is 22.8. The number of pyridine rings is 6. The van der Waals surface area contributed by atoms with E-state index in [2.05, 4.69) is 259 Å². The molecule has 98 heavy (non-hydrogen) atoms. The Kier molecular flexibility index (Phi) is 18.1. The molecule has 0 fully saturated rings. The number of benzene rings is 6. The summed E-state index contributed by atoms with van der Waals surface area (Å²) in [6.45, 7) is 43.8. The van der Waals surface area contributed by atoms with Crippen LogP contribution in [0.5, 0.6) is 0 Å². The van der Waals surface area contributed by atoms with E-state index in [0.29, 0.717) is 0 Å². The SMILES string of the molecule is Cc1c(C)c(C)c2c(c1C)Cc1ncccc1-2.Cc1cc2c(c(C)c1C)-c1cccnc1C2.Cc1cc2c(c(C)c1C)Cc1nccc(C)c1-2.Cc1cc2c(cc1C)-c1c(C)ccnc1C2.Cc1ccc2c(n1)Cc1cc(C)c(C)cc1-2.Cc1cnc2c(c1)-c1cc(C)c(C)cc1C2. The first-order valence-electron chi connectivity index (χ1n) is 35.1. The number of hydrogen-bond donors (Lipinski definition) is 0. The third kappa shape index (κ3) is 12.2. The molecule has 0 N–H and O–H groups in total. The summed E-state index contributed by atoms with van der Waals surface area (Å²) in [4.78, 5) is 27.2. The Morgan fingerprint density at radius 2 is 0.653 bits per heavy atom. The maximum atomic E-state index is 4.63. The Morgan fingerprint density at radius 3 is 1.29 bits per heavy atom. The van der Waals surface area contributed by atoms with Crippen LogP contribution in [0.1, 0.15) is 179 Å². The fraction of sp³-hybridized carbons (Fsp3) is 0.283. The van der Waals surface area contributed by atoms with Crippen molar-refractivity contribution < 1.29 is 0 Å². The largest absolute Gasteiger partial charge is 0.260 e. The van der Waals surface area contributed by atoms with Crippen LogP contribution in [0.3, 0.4) is 0 Å². The average molecular weight is 1280 g/mol. The van der Waals surface area contributed by atoms with Crippen molar-refractivity contribution in [3.8, 4) is 66.8 Å². The van der Waals surface area contributed by atoms with Crippen molar-refractivity contribution in [2.45, 2.75) is 177 Å². The fourth-order valence-electron chi connectivity index (χ4n) is 15.9. The molecule has 0 unspecified atom stereocenters. The molecule has 492 valence electrons. The van der Waals surface area contributed by atoms with E-state index in [-0.39, 0.29) is 0 Å². The highest BCUT2D eigenvalue weighted by molar-refractivity contribution is 5.84. The first-order valence-corrected chi connectivity index (χ1v) is 35.1. The maximum Gasteiger partial charge on any atom is 0.0529 e. The Bertz CT molecular complexity index is 5270. The van der Waals surface area contributed by atoms with Gasteiger partial charge in [-0.3, -0.25) is 29.9 Å². The number of aromatic nitrogens is 6. The molecule has 6 heterocycles. The zero-order valence-electron chi connectivity index (χ0n) is 61.6. The molecule has 6 aliphatic carbocycles. The van der Waals surface area contributed by atoms with Gasteiger partial charge >= 0.3 is 0 Å². The molecule has 0 atom stereocenters. The summed E-state index contributed by atoms with van der Waals surface area (Å²) in [7, 11) is 0. The van der Waals surface area contributed by atoms with Gasteiger partial charge < -0.3 is 0 Å². The Morgan fingerprint density at radius 1 is 0.235 bits per heavy atom. The molecule has 0 aliphatic heterocycles. The normalized spacial score (nSPS) is 12.4. The molecule has 6 aromatic heterocycles. The molecule has 0 amide bonds. The zero-order chi connectivity index (χ0) is 69.4. The summed E-state index contributed by atoms with van der Waals surface area (Å²) in [6.07, 6.45) is 15.6. The van der Waals surface area contributed by atoms with Crippen molar-refractivity contribution >= 4 is 0 Å². The molecule has 6 aromatic carbocycles. The van der Waals surface area contributed by atoms with E-state index < -0.39 is 0 Å². The third-order valence-corrected chi connectivity index (χ3v) is 22.8. The quantitative estimate of drug-likeness (QED) is 0.151. The molecule has 0 radical (unpaired) electrons. The van der Waals surface area contributed by atoms with Gasteiger partial charge in [-0.1, -0.05) is 66.7 Å². The lowest BCUT2D eigenvalue weighted by atomic mass is 9.89. The minimum atomic E-state index is 0.992. The molecule has 18 rings (SSSR count). The highest BCUT2D eigenvalue weighted by Crippen LogP contribution is 2.46. The molecule has 12 aromatic rings. The van der Waals surface area contributed by atoms with Crippen molar-refractivity contribution in [1.82, 2.24) is 29.9 Å². The second kappa shape index (κ2) is 26.6. The van der Waals surface area contributed by atoms with E-state index in [0.717, 1.165) is 44.2 Å². The summed E-state index contributed by atoms with van der Waals surface area (Å²) < 4.78 is 0. The summed E-state index contributed by atoms with van der Waals surface area (Å²) in [6, 6.07) is 37.7. The maximum absolute atomic E-state index is 4.63. The number of fused-ring (bicyclic) bond motifs is 18. The van der Waals surface area contributed by atoms with Crippen molar-refractivity contribution in [3.05, 3.63) is 313 Å². The number of hydrogen-bond acceptors (Lipinski definition) is 6. The Labute approximate surface area is 583 Å². The lowest BCUT2D eigenvalue weighted by Gasteiger charge is -2.15. The van der Waals surface area contributed by atoms with Crippen LogP contribution < -0.4 is 0 Å². The first kappa shape index (κ1) is 66.8. The lowest BCUT2D eigenvalue weighted by molar-refractivity contribution is 1.07. The van der Waals surface area contributed by atoms with Crippen LogP contribution >= 0.6 is 0 Å². The number of rotatable bonds is 0. The molecule has 6 nitrogen and oxygen atoms in total. The highest BCUT2D eigenvalue weighted by Gasteiger charge is 2.29. The van der Waals surface area contributed by atoms with Gasteiger partial charge in [0.25, 0.3) is 0 Å². The van der Waals surface area contributed by atoms with E-state index in [1.165, 1.54) is 240 Å². The van der Waals surface area contributed by atoms with E-state index in [4.69, 9.17) is 0 Å². The minimum absolute atomic E-state index is 0.992. The lowest BCUT2D eigenvalue weighted by Crippen LogP contribution is -1.98. The zero-order valence-corrected chi connectivity index (χ0v) is 61.6. The van der Waals surface area contributed by atoms with Gasteiger partial charge in [0.05, 0.1) is 34.2 Å². The highest BCUT2D eigenvalue weighted by atomic mass is 14.7. The van der Waals surface area contributed by atoms with Crippen molar-refractivity contribution in [1.29, 1.82) is 0 Å². The molecular formula is C92H94N6. The van der Waals surface area contributed by atoms with E-state index >= 15 is 0 Å². The smallest absolute Gasteiger partial charge is 0.0529 e. The van der Waals surface area contributed by atoms with Gasteiger partial charge in [-0.2, -0.15) is 0 Å². The topological polar surface area (TPSA) is 77.3 Å². The monoisotopic (exact) mass is 1280 g/mol. The van der Waals surface area contributed by atoms with Gasteiger partial charge in [0.2, 0.25) is 0 Å². The predicted molar refractivity (Wildman–Crippen MR) is 410 cm³/mol. The van der Waals surface area contributed by atoms with E-state index in [9.17, 15) is 0 Å². The van der Waals surface area contributed by atoms with E-state index in [1.807, 2.05) is 43.1 Å². The van der Waals surface area contributed by atoms with Crippen LogP contribution in [-0.4, -0.2) is 29.9 Å². The molecule has 6 aliphatic rings. The molecule has 0 saturated heterocycles. The van der Waals surface area contributed by atoms with Crippen LogP contribution in [0, 0.1) is 138 Å². The van der Waals surface area contributed by atoms with Crippen molar-refractivity contribution in [2.75, 3.05) is 0 Å². The predicted octanol–water partition coefficient (Wildman–Crippen LogP) is 22.1. The molecular weight excluding hydrogens is 1190 g/mol. The minimum Gasteiger partial charge on any atom is -0.260 e. The van der Waals surface area contributed by atoms with Crippen LogP contribution in [0.15, 0.2) is 134 Å². The van der Waals surface area contributed by atoms with Crippen LogP contribution in [0.4, 0.5) is 0 Å². The van der Waals surface area contributed by atoms with Gasteiger partial charge in [0.15, 0.2) is 0 Å². The van der Waals surface area contributed by atoms with Gasteiger partial charge in [0.1, 0.15) is 0 Å². The van der Waals surface area contributed by atoms with Crippen molar-refractivity contribution in [2.24, 2.45) is 0 Å². The number of aryl methyl sites for hydroxylation is 12. The Hall–Kier alpha value is -9.78. The van der Waals surface area contributed by atoms with Gasteiger partial charge in [-0.05, 0) is 347 Å². The molecule has 0 bridgehead atoms. The van der Waals surface area contributed by atoms with E-state index in [1.54, 1.807) is 0 Å². The van der Waals surface area contributed by atoms with Crippen LogP contribution in [0.2, 0.25) is 0 Å². The molecule has 0 saturated carbocycles. The fourth-order valence-corrected chi connectivity index (χ4v) is 15.9.